The highest BCUT2D eigenvalue weighted by molar-refractivity contribution is 5.91. The van der Waals surface area contributed by atoms with Gasteiger partial charge in [-0.1, -0.05) is 48.5 Å². The van der Waals surface area contributed by atoms with Crippen molar-refractivity contribution in [3.63, 3.8) is 0 Å². The molecule has 0 saturated heterocycles. The lowest BCUT2D eigenvalue weighted by atomic mass is 9.93. The summed E-state index contributed by atoms with van der Waals surface area (Å²) in [5.74, 6) is -2.03. The minimum absolute atomic E-state index is 0.0872. The Balaban J connectivity index is 1.40. The minimum Gasteiger partial charge on any atom is -0.481 e. The number of aliphatic carboxylic acids is 1. The van der Waals surface area contributed by atoms with Crippen molar-refractivity contribution < 1.29 is 28.8 Å². The number of nitrogens with one attached hydrogen (secondary N) is 2. The van der Waals surface area contributed by atoms with E-state index in [1.54, 1.807) is 17.0 Å². The predicted molar refractivity (Wildman–Crippen MR) is 142 cm³/mol. The van der Waals surface area contributed by atoms with Gasteiger partial charge >= 0.3 is 5.97 Å². The summed E-state index contributed by atoms with van der Waals surface area (Å²) in [4.78, 5) is 38.5. The molecule has 2 amide bonds. The number of hydrogen-bond donors (Lipinski definition) is 3. The van der Waals surface area contributed by atoms with Gasteiger partial charge in [-0.15, -0.1) is 0 Å². The van der Waals surface area contributed by atoms with Gasteiger partial charge in [0.05, 0.1) is 18.9 Å². The average molecular weight is 516 g/mol. The number of carbonyl (C=O) groups is 3. The van der Waals surface area contributed by atoms with E-state index in [9.17, 15) is 19.5 Å². The number of carboxylic acid groups (broad SMARTS) is 1. The van der Waals surface area contributed by atoms with E-state index in [1.807, 2.05) is 60.7 Å². The van der Waals surface area contributed by atoms with Crippen LogP contribution < -0.4 is 10.6 Å². The number of nitrogens with zero attached hydrogens (tertiary/aromatic N) is 2. The van der Waals surface area contributed by atoms with Gasteiger partial charge in [-0.2, -0.15) is 4.58 Å². The van der Waals surface area contributed by atoms with Crippen LogP contribution in [0.25, 0.3) is 11.1 Å². The van der Waals surface area contributed by atoms with Crippen molar-refractivity contribution in [1.82, 2.24) is 15.2 Å². The third-order valence-electron chi connectivity index (χ3n) is 7.00. The van der Waals surface area contributed by atoms with Gasteiger partial charge in [-0.25, -0.2) is 0 Å². The van der Waals surface area contributed by atoms with Gasteiger partial charge in [0, 0.05) is 30.6 Å². The normalized spacial score (nSPS) is 20.2. The molecule has 38 heavy (non-hydrogen) atoms. The van der Waals surface area contributed by atoms with Crippen molar-refractivity contribution in [2.24, 2.45) is 0 Å². The highest BCUT2D eigenvalue weighted by Crippen LogP contribution is 2.34. The number of ether oxygens (including phenoxy) is 1. The second-order valence-electron chi connectivity index (χ2n) is 9.54. The maximum atomic E-state index is 13.5. The molecular weight excluding hydrogens is 484 g/mol. The van der Waals surface area contributed by atoms with Gasteiger partial charge in [-0.05, 0) is 23.6 Å². The average Bonchev–Trinajstić information content (AvgIpc) is 3.54. The number of carboxylic acids is 1. The number of hydrogen-bond acceptors (Lipinski definition) is 4. The van der Waals surface area contributed by atoms with Gasteiger partial charge in [0.25, 0.3) is 0 Å². The number of benzene rings is 2. The summed E-state index contributed by atoms with van der Waals surface area (Å²) in [7, 11) is 0. The van der Waals surface area contributed by atoms with Crippen LogP contribution in [0.2, 0.25) is 0 Å². The Bertz CT molecular complexity index is 1350. The smallest absolute Gasteiger partial charge is 0.306 e. The van der Waals surface area contributed by atoms with Crippen LogP contribution in [0, 0.1) is 0 Å². The number of aromatic nitrogens is 1. The third kappa shape index (κ3) is 5.68. The molecule has 1 aromatic heterocycles. The van der Waals surface area contributed by atoms with Crippen LogP contribution in [-0.4, -0.2) is 70.6 Å². The zero-order valence-electron chi connectivity index (χ0n) is 21.0. The summed E-state index contributed by atoms with van der Waals surface area (Å²) < 4.78 is 9.42. The lowest BCUT2D eigenvalue weighted by Gasteiger charge is -2.24. The largest absolute Gasteiger partial charge is 0.481 e. The quantitative estimate of drug-likeness (QED) is 0.437. The van der Waals surface area contributed by atoms with Crippen molar-refractivity contribution in [3.8, 4) is 11.1 Å². The van der Waals surface area contributed by atoms with E-state index in [0.717, 1.165) is 22.4 Å². The molecule has 3 N–H and O–H groups in total. The van der Waals surface area contributed by atoms with E-state index in [-0.39, 0.29) is 11.8 Å². The van der Waals surface area contributed by atoms with Gasteiger partial charge in [0.1, 0.15) is 18.7 Å². The summed E-state index contributed by atoms with van der Waals surface area (Å²) in [6.07, 6.45) is 5.48. The van der Waals surface area contributed by atoms with E-state index >= 15 is 0 Å². The molecule has 196 valence electrons. The second kappa shape index (κ2) is 11.4. The van der Waals surface area contributed by atoms with E-state index < -0.39 is 30.4 Å². The standard InChI is InChI=1S/C29H30N4O5/c34-27(35)17-26(32-12-10-21(18-32)20-6-2-1-3-7-20)29(37)31-24-16-22-19-33(25-9-5-4-8-23(22)25)13-15-38-14-11-30-28(24)36/h1-10,12,18-19,22,24,26H,11,13-17H2,(H2-,30,31,34,35,36,37)/p+1/t22?,24-,26+/m0/s1. The van der Waals surface area contributed by atoms with E-state index in [2.05, 4.69) is 21.4 Å². The summed E-state index contributed by atoms with van der Waals surface area (Å²) in [5.41, 5.74) is 3.98. The molecule has 3 aromatic rings. The molecule has 0 radical (unpaired) electrons. The molecule has 0 saturated carbocycles. The van der Waals surface area contributed by atoms with E-state index in [4.69, 9.17) is 4.74 Å². The molecule has 2 aromatic carbocycles. The predicted octanol–water partition coefficient (Wildman–Crippen LogP) is 2.70. The van der Waals surface area contributed by atoms with Crippen LogP contribution in [0.1, 0.15) is 30.4 Å². The number of amides is 2. The molecule has 0 aliphatic carbocycles. The Morgan fingerprint density at radius 1 is 1.08 bits per heavy atom. The molecule has 3 heterocycles. The lowest BCUT2D eigenvalue weighted by Crippen LogP contribution is -2.50. The number of carbonyl (C=O) groups excluding carboxylic acids is 2. The minimum atomic E-state index is -1.10. The molecule has 5 rings (SSSR count). The van der Waals surface area contributed by atoms with Crippen LogP contribution in [0.15, 0.2) is 73.1 Å². The fourth-order valence-corrected chi connectivity index (χ4v) is 5.12. The van der Waals surface area contributed by atoms with Crippen molar-refractivity contribution in [2.45, 2.75) is 30.8 Å². The summed E-state index contributed by atoms with van der Waals surface area (Å²) in [6.45, 7) is 1.91. The van der Waals surface area contributed by atoms with Gasteiger partial charge in [0.15, 0.2) is 12.8 Å². The van der Waals surface area contributed by atoms with E-state index in [0.29, 0.717) is 32.7 Å². The SMILES string of the molecule is O=C(O)C[C@H](C(=O)N[C@H]1CC2C=[N+](CCOCCNC1=O)c1ccccc12)n1ccc(-c2ccccc2)c1. The van der Waals surface area contributed by atoms with Crippen molar-refractivity contribution in [1.29, 1.82) is 0 Å². The molecule has 9 nitrogen and oxygen atoms in total. The van der Waals surface area contributed by atoms with Crippen LogP contribution in [0.4, 0.5) is 5.69 Å². The van der Waals surface area contributed by atoms with Crippen molar-refractivity contribution >= 4 is 29.7 Å². The van der Waals surface area contributed by atoms with Crippen LogP contribution in [-0.2, 0) is 19.1 Å². The molecular formula is C29H31N4O5+. The number of para-hydroxylation sites is 1. The van der Waals surface area contributed by atoms with E-state index in [1.165, 1.54) is 0 Å². The molecule has 9 heteroatoms. The topological polar surface area (TPSA) is 113 Å². The fourth-order valence-electron chi connectivity index (χ4n) is 5.12. The highest BCUT2D eigenvalue weighted by atomic mass is 16.5. The molecule has 2 bridgehead atoms. The monoisotopic (exact) mass is 515 g/mol. The summed E-state index contributed by atoms with van der Waals surface area (Å²) in [6, 6.07) is 17.6. The zero-order valence-corrected chi connectivity index (χ0v) is 21.0. The molecule has 2 aliphatic heterocycles. The molecule has 3 atom stereocenters. The maximum Gasteiger partial charge on any atom is 0.306 e. The number of fused-ring (bicyclic) bond motifs is 4. The van der Waals surface area contributed by atoms with Crippen molar-refractivity contribution in [3.05, 3.63) is 78.6 Å². The first-order valence-electron chi connectivity index (χ1n) is 12.8. The van der Waals surface area contributed by atoms with Gasteiger partial charge < -0.3 is 25.0 Å². The molecule has 0 spiro atoms. The second-order valence-corrected chi connectivity index (χ2v) is 9.54. The third-order valence-corrected chi connectivity index (χ3v) is 7.00. The fraction of sp³-hybridized carbons (Fsp3) is 0.310. The first kappa shape index (κ1) is 25.4. The van der Waals surface area contributed by atoms with Crippen LogP contribution >= 0.6 is 0 Å². The zero-order chi connectivity index (χ0) is 26.5. The first-order chi connectivity index (χ1) is 18.5. The van der Waals surface area contributed by atoms with Gasteiger partial charge in [-0.3, -0.25) is 14.4 Å². The molecule has 2 aliphatic rings. The molecule has 1 unspecified atom stereocenters. The number of rotatable bonds is 6. The Hall–Kier alpha value is -4.24. The first-order valence-corrected chi connectivity index (χ1v) is 12.8. The summed E-state index contributed by atoms with van der Waals surface area (Å²) >= 11 is 0. The van der Waals surface area contributed by atoms with Gasteiger partial charge in [0.2, 0.25) is 17.5 Å². The Morgan fingerprint density at radius 3 is 2.68 bits per heavy atom. The Kier molecular flexibility index (Phi) is 7.65. The summed E-state index contributed by atoms with van der Waals surface area (Å²) in [5, 5.41) is 15.3. The van der Waals surface area contributed by atoms with Crippen LogP contribution in [0.3, 0.4) is 0 Å². The van der Waals surface area contributed by atoms with Crippen molar-refractivity contribution in [2.75, 3.05) is 26.3 Å². The Morgan fingerprint density at radius 2 is 1.87 bits per heavy atom. The highest BCUT2D eigenvalue weighted by Gasteiger charge is 2.36. The maximum absolute atomic E-state index is 13.5. The van der Waals surface area contributed by atoms with Crippen LogP contribution in [0.5, 0.6) is 0 Å². The lowest BCUT2D eigenvalue weighted by molar-refractivity contribution is -0.437. The molecule has 0 fully saturated rings. The Labute approximate surface area is 220 Å².